The molecule has 0 aromatic rings. The molecule has 1 aliphatic rings. The molecule has 1 rings (SSSR count). The van der Waals surface area contributed by atoms with E-state index < -0.39 is 0 Å². The highest BCUT2D eigenvalue weighted by Crippen LogP contribution is 2.32. The van der Waals surface area contributed by atoms with Crippen LogP contribution >= 0.6 is 0 Å². The molecule has 2 nitrogen and oxygen atoms in total. The molecule has 1 fully saturated rings. The van der Waals surface area contributed by atoms with Crippen LogP contribution in [-0.4, -0.2) is 18.9 Å². The normalized spacial score (nSPS) is 26.0. The van der Waals surface area contributed by atoms with Gasteiger partial charge in [-0.3, -0.25) is 4.79 Å². The molecule has 0 aromatic carbocycles. The summed E-state index contributed by atoms with van der Waals surface area (Å²) >= 11 is 0. The standard InChI is InChI=1S/C12H19NO/c1-3-5-6-7-11(14)12(4-2)8-9-13-10-12/h1,13H,4-10H2,2H3. The highest BCUT2D eigenvalue weighted by atomic mass is 16.1. The smallest absolute Gasteiger partial charge is 0.140 e. The summed E-state index contributed by atoms with van der Waals surface area (Å²) in [5, 5.41) is 3.27. The largest absolute Gasteiger partial charge is 0.316 e. The van der Waals surface area contributed by atoms with Gasteiger partial charge >= 0.3 is 0 Å². The number of carbonyl (C=O) groups is 1. The molecule has 1 N–H and O–H groups in total. The van der Waals surface area contributed by atoms with Crippen molar-refractivity contribution >= 4 is 5.78 Å². The lowest BCUT2D eigenvalue weighted by Crippen LogP contribution is -2.32. The number of hydrogen-bond acceptors (Lipinski definition) is 2. The van der Waals surface area contributed by atoms with Crippen LogP contribution in [0.3, 0.4) is 0 Å². The summed E-state index contributed by atoms with van der Waals surface area (Å²) in [6, 6.07) is 0. The molecule has 1 unspecified atom stereocenters. The minimum atomic E-state index is -0.0748. The fraction of sp³-hybridized carbons (Fsp3) is 0.750. The Morgan fingerprint density at radius 2 is 2.43 bits per heavy atom. The molecule has 2 heteroatoms. The van der Waals surface area contributed by atoms with Gasteiger partial charge in [-0.15, -0.1) is 12.3 Å². The summed E-state index contributed by atoms with van der Waals surface area (Å²) in [5.74, 6) is 2.98. The lowest BCUT2D eigenvalue weighted by Gasteiger charge is -2.24. The average molecular weight is 193 g/mol. The van der Waals surface area contributed by atoms with E-state index in [1.54, 1.807) is 0 Å². The molecule has 1 saturated heterocycles. The maximum atomic E-state index is 12.0. The van der Waals surface area contributed by atoms with Crippen LogP contribution in [0.1, 0.15) is 39.0 Å². The highest BCUT2D eigenvalue weighted by Gasteiger charge is 2.38. The van der Waals surface area contributed by atoms with E-state index in [0.717, 1.165) is 38.8 Å². The van der Waals surface area contributed by atoms with Crippen LogP contribution in [0.2, 0.25) is 0 Å². The Morgan fingerprint density at radius 3 is 2.93 bits per heavy atom. The van der Waals surface area contributed by atoms with Crippen molar-refractivity contribution in [1.82, 2.24) is 5.32 Å². The van der Waals surface area contributed by atoms with E-state index in [-0.39, 0.29) is 5.41 Å². The summed E-state index contributed by atoms with van der Waals surface area (Å²) in [4.78, 5) is 12.0. The lowest BCUT2D eigenvalue weighted by atomic mass is 9.78. The molecule has 0 radical (unpaired) electrons. The Morgan fingerprint density at radius 1 is 1.64 bits per heavy atom. The van der Waals surface area contributed by atoms with Crippen molar-refractivity contribution in [2.75, 3.05) is 13.1 Å². The molecule has 78 valence electrons. The second kappa shape index (κ2) is 5.17. The van der Waals surface area contributed by atoms with Gasteiger partial charge in [-0.05, 0) is 25.8 Å². The minimum Gasteiger partial charge on any atom is -0.316 e. The third-order valence-electron chi connectivity index (χ3n) is 3.24. The van der Waals surface area contributed by atoms with Crippen LogP contribution in [-0.2, 0) is 4.79 Å². The molecular formula is C12H19NO. The summed E-state index contributed by atoms with van der Waals surface area (Å²) in [6.07, 6.45) is 9.33. The van der Waals surface area contributed by atoms with Gasteiger partial charge in [0.2, 0.25) is 0 Å². The number of Topliss-reactive ketones (excluding diaryl/α,β-unsaturated/α-hetero) is 1. The second-order valence-corrected chi connectivity index (χ2v) is 4.04. The van der Waals surface area contributed by atoms with Gasteiger partial charge in [0, 0.05) is 24.8 Å². The van der Waals surface area contributed by atoms with Crippen LogP contribution in [0.15, 0.2) is 0 Å². The summed E-state index contributed by atoms with van der Waals surface area (Å²) in [6.45, 7) is 3.94. The van der Waals surface area contributed by atoms with Gasteiger partial charge in [-0.1, -0.05) is 6.92 Å². The Bertz CT molecular complexity index is 233. The van der Waals surface area contributed by atoms with Crippen LogP contribution in [0.25, 0.3) is 0 Å². The summed E-state index contributed by atoms with van der Waals surface area (Å²) in [7, 11) is 0. The average Bonchev–Trinajstić information content (AvgIpc) is 2.67. The predicted octanol–water partition coefficient (Wildman–Crippen LogP) is 1.75. The van der Waals surface area contributed by atoms with E-state index in [0.29, 0.717) is 12.2 Å². The van der Waals surface area contributed by atoms with Crippen LogP contribution < -0.4 is 5.32 Å². The summed E-state index contributed by atoms with van der Waals surface area (Å²) < 4.78 is 0. The molecule has 14 heavy (non-hydrogen) atoms. The zero-order valence-corrected chi connectivity index (χ0v) is 8.94. The first kappa shape index (κ1) is 11.3. The predicted molar refractivity (Wildman–Crippen MR) is 57.9 cm³/mol. The lowest BCUT2D eigenvalue weighted by molar-refractivity contribution is -0.128. The zero-order chi connectivity index (χ0) is 10.4. The second-order valence-electron chi connectivity index (χ2n) is 4.04. The van der Waals surface area contributed by atoms with E-state index in [2.05, 4.69) is 18.2 Å². The molecular weight excluding hydrogens is 174 g/mol. The van der Waals surface area contributed by atoms with Crippen molar-refractivity contribution in [3.8, 4) is 12.3 Å². The number of ketones is 1. The first-order valence-electron chi connectivity index (χ1n) is 5.42. The van der Waals surface area contributed by atoms with Gasteiger partial charge in [0.15, 0.2) is 0 Å². The van der Waals surface area contributed by atoms with Crippen molar-refractivity contribution < 1.29 is 4.79 Å². The first-order valence-corrected chi connectivity index (χ1v) is 5.42. The molecule has 0 amide bonds. The van der Waals surface area contributed by atoms with E-state index in [4.69, 9.17) is 6.42 Å². The van der Waals surface area contributed by atoms with Gasteiger partial charge in [0.1, 0.15) is 5.78 Å². The monoisotopic (exact) mass is 193 g/mol. The Balaban J connectivity index is 2.44. The number of terminal acetylenes is 1. The number of carbonyl (C=O) groups excluding carboxylic acids is 1. The molecule has 0 aliphatic carbocycles. The van der Waals surface area contributed by atoms with E-state index in [9.17, 15) is 4.79 Å². The van der Waals surface area contributed by atoms with E-state index in [1.807, 2.05) is 0 Å². The zero-order valence-electron chi connectivity index (χ0n) is 8.94. The van der Waals surface area contributed by atoms with Crippen molar-refractivity contribution in [2.24, 2.45) is 5.41 Å². The van der Waals surface area contributed by atoms with Crippen LogP contribution in [0.5, 0.6) is 0 Å². The Kier molecular flexibility index (Phi) is 4.16. The van der Waals surface area contributed by atoms with Crippen molar-refractivity contribution in [3.05, 3.63) is 0 Å². The summed E-state index contributed by atoms with van der Waals surface area (Å²) in [5.41, 5.74) is -0.0748. The van der Waals surface area contributed by atoms with Gasteiger partial charge in [0.05, 0.1) is 0 Å². The fourth-order valence-corrected chi connectivity index (χ4v) is 2.10. The van der Waals surface area contributed by atoms with Gasteiger partial charge in [0.25, 0.3) is 0 Å². The Hall–Kier alpha value is -0.810. The molecule has 0 spiro atoms. The first-order chi connectivity index (χ1) is 6.75. The molecule has 0 aromatic heterocycles. The fourth-order valence-electron chi connectivity index (χ4n) is 2.10. The van der Waals surface area contributed by atoms with Crippen LogP contribution in [0.4, 0.5) is 0 Å². The topological polar surface area (TPSA) is 29.1 Å². The maximum Gasteiger partial charge on any atom is 0.140 e. The minimum absolute atomic E-state index is 0.0748. The van der Waals surface area contributed by atoms with Gasteiger partial charge in [-0.2, -0.15) is 0 Å². The van der Waals surface area contributed by atoms with Gasteiger partial charge < -0.3 is 5.32 Å². The number of hydrogen-bond donors (Lipinski definition) is 1. The SMILES string of the molecule is C#CCCCC(=O)C1(CC)CCNC1. The van der Waals surface area contributed by atoms with Crippen molar-refractivity contribution in [1.29, 1.82) is 0 Å². The number of nitrogens with one attached hydrogen (secondary N) is 1. The number of rotatable bonds is 5. The van der Waals surface area contributed by atoms with Crippen LogP contribution in [0, 0.1) is 17.8 Å². The maximum absolute atomic E-state index is 12.0. The molecule has 1 heterocycles. The third kappa shape index (κ3) is 2.36. The number of unbranched alkanes of at least 4 members (excludes halogenated alkanes) is 1. The third-order valence-corrected chi connectivity index (χ3v) is 3.24. The van der Waals surface area contributed by atoms with Crippen molar-refractivity contribution in [2.45, 2.75) is 39.0 Å². The van der Waals surface area contributed by atoms with Gasteiger partial charge in [-0.25, -0.2) is 0 Å². The van der Waals surface area contributed by atoms with E-state index >= 15 is 0 Å². The molecule has 1 aliphatic heterocycles. The highest BCUT2D eigenvalue weighted by molar-refractivity contribution is 5.85. The molecule has 0 bridgehead atoms. The van der Waals surface area contributed by atoms with Crippen molar-refractivity contribution in [3.63, 3.8) is 0 Å². The molecule has 0 saturated carbocycles. The molecule has 1 atom stereocenters. The quantitative estimate of drug-likeness (QED) is 0.532. The Labute approximate surface area is 86.5 Å². The van der Waals surface area contributed by atoms with E-state index in [1.165, 1.54) is 0 Å².